The summed E-state index contributed by atoms with van der Waals surface area (Å²) in [5.41, 5.74) is 0.289. The molecule has 0 atom stereocenters. The van der Waals surface area contributed by atoms with E-state index in [0.717, 1.165) is 6.33 Å². The molecule has 1 aromatic carbocycles. The van der Waals surface area contributed by atoms with Crippen LogP contribution in [0, 0.1) is 0 Å². The summed E-state index contributed by atoms with van der Waals surface area (Å²) in [7, 11) is 0.949. The van der Waals surface area contributed by atoms with E-state index < -0.39 is 22.0 Å². The molecule has 0 amide bonds. The van der Waals surface area contributed by atoms with Crippen molar-refractivity contribution < 1.29 is 41.7 Å². The second-order valence-corrected chi connectivity index (χ2v) is 8.26. The molecule has 1 aromatic heterocycles. The zero-order valence-corrected chi connectivity index (χ0v) is 19.5. The number of benzene rings is 1. The molecule has 14 heteroatoms. The lowest BCUT2D eigenvalue weighted by Crippen LogP contribution is -2.38. The summed E-state index contributed by atoms with van der Waals surface area (Å²) in [6.45, 7) is -0.221. The molecule has 34 heavy (non-hydrogen) atoms. The maximum Gasteiger partial charge on any atom is 0.355 e. The standard InChI is InChI=1S/C20H22N4O9S/c1-29-16-17(21-10-22-18(16)30-2)23-34(27,28)13-7-5-12(6-8-13)24-11-33-9-14(19(25)31-3)15(24)20(26)32-4/h5-8,10H,9,11H2,1-4H3,(H,21,22,23). The molecule has 0 saturated heterocycles. The van der Waals surface area contributed by atoms with Crippen molar-refractivity contribution in [3.8, 4) is 11.6 Å². The van der Waals surface area contributed by atoms with Gasteiger partial charge in [0.1, 0.15) is 18.8 Å². The van der Waals surface area contributed by atoms with Gasteiger partial charge in [0.2, 0.25) is 5.75 Å². The van der Waals surface area contributed by atoms with Gasteiger partial charge in [0.15, 0.2) is 5.82 Å². The van der Waals surface area contributed by atoms with Crippen LogP contribution in [0.2, 0.25) is 0 Å². The normalized spacial score (nSPS) is 13.8. The van der Waals surface area contributed by atoms with Crippen LogP contribution < -0.4 is 19.1 Å². The van der Waals surface area contributed by atoms with Gasteiger partial charge in [-0.3, -0.25) is 4.72 Å². The van der Waals surface area contributed by atoms with Crippen molar-refractivity contribution in [2.45, 2.75) is 4.90 Å². The highest BCUT2D eigenvalue weighted by Crippen LogP contribution is 2.33. The Balaban J connectivity index is 1.94. The van der Waals surface area contributed by atoms with Crippen LogP contribution in [0.3, 0.4) is 0 Å². The van der Waals surface area contributed by atoms with E-state index in [1.807, 2.05) is 0 Å². The first-order valence-corrected chi connectivity index (χ1v) is 11.1. The van der Waals surface area contributed by atoms with E-state index in [4.69, 9.17) is 23.7 Å². The number of nitrogens with zero attached hydrogens (tertiary/aromatic N) is 3. The third-order valence-electron chi connectivity index (χ3n) is 4.69. The minimum absolute atomic E-state index is 0.0128. The number of nitrogens with one attached hydrogen (secondary N) is 1. The Labute approximate surface area is 195 Å². The molecule has 0 aliphatic carbocycles. The Morgan fingerprint density at radius 2 is 1.68 bits per heavy atom. The molecule has 0 radical (unpaired) electrons. The quantitative estimate of drug-likeness (QED) is 0.513. The van der Waals surface area contributed by atoms with Crippen LogP contribution in [0.4, 0.5) is 11.5 Å². The van der Waals surface area contributed by atoms with E-state index in [1.165, 1.54) is 57.6 Å². The number of rotatable bonds is 8. The van der Waals surface area contributed by atoms with Crippen molar-refractivity contribution in [2.75, 3.05) is 51.4 Å². The van der Waals surface area contributed by atoms with Crippen molar-refractivity contribution >= 4 is 33.5 Å². The summed E-state index contributed by atoms with van der Waals surface area (Å²) >= 11 is 0. The molecule has 0 saturated carbocycles. The number of hydrogen-bond acceptors (Lipinski definition) is 12. The monoisotopic (exact) mass is 494 g/mol. The lowest BCUT2D eigenvalue weighted by atomic mass is 10.1. The number of esters is 2. The first kappa shape index (κ1) is 24.7. The number of hydrogen-bond donors (Lipinski definition) is 1. The summed E-state index contributed by atoms with van der Waals surface area (Å²) in [6.07, 6.45) is 1.12. The SMILES string of the molecule is COC(=O)C1=C(C(=O)OC)N(c2ccc(S(=O)(=O)Nc3ncnc(OC)c3OC)cc2)COC1. The van der Waals surface area contributed by atoms with Gasteiger partial charge in [-0.15, -0.1) is 0 Å². The molecule has 0 bridgehead atoms. The van der Waals surface area contributed by atoms with Gasteiger partial charge in [0.25, 0.3) is 15.9 Å². The van der Waals surface area contributed by atoms with Crippen LogP contribution in [-0.2, 0) is 33.8 Å². The maximum atomic E-state index is 12.9. The molecule has 2 aromatic rings. The van der Waals surface area contributed by atoms with Crippen molar-refractivity contribution in [1.29, 1.82) is 0 Å². The Morgan fingerprint density at radius 1 is 1.00 bits per heavy atom. The van der Waals surface area contributed by atoms with Gasteiger partial charge < -0.3 is 28.6 Å². The van der Waals surface area contributed by atoms with Crippen LogP contribution in [0.25, 0.3) is 0 Å². The number of sulfonamides is 1. The number of anilines is 2. The second kappa shape index (κ2) is 10.4. The van der Waals surface area contributed by atoms with E-state index >= 15 is 0 Å². The maximum absolute atomic E-state index is 12.9. The van der Waals surface area contributed by atoms with E-state index in [-0.39, 0.29) is 47.0 Å². The number of methoxy groups -OCH3 is 4. The molecule has 182 valence electrons. The van der Waals surface area contributed by atoms with Crippen LogP contribution in [0.1, 0.15) is 0 Å². The molecule has 13 nitrogen and oxygen atoms in total. The summed E-state index contributed by atoms with van der Waals surface area (Å²) in [6, 6.07) is 5.51. The molecule has 0 unspecified atom stereocenters. The zero-order chi connectivity index (χ0) is 24.9. The highest BCUT2D eigenvalue weighted by atomic mass is 32.2. The largest absolute Gasteiger partial charge is 0.489 e. The lowest BCUT2D eigenvalue weighted by Gasteiger charge is -2.31. The van der Waals surface area contributed by atoms with Crippen molar-refractivity contribution in [3.05, 3.63) is 41.9 Å². The number of aromatic nitrogens is 2. The Bertz CT molecular complexity index is 1210. The molecule has 0 fully saturated rings. The highest BCUT2D eigenvalue weighted by molar-refractivity contribution is 7.92. The van der Waals surface area contributed by atoms with Gasteiger partial charge >= 0.3 is 11.9 Å². The number of carbonyl (C=O) groups is 2. The summed E-state index contributed by atoms with van der Waals surface area (Å²) in [4.78, 5) is 33.6. The molecule has 0 spiro atoms. The van der Waals surface area contributed by atoms with E-state index in [1.54, 1.807) is 0 Å². The first-order valence-electron chi connectivity index (χ1n) is 9.58. The summed E-state index contributed by atoms with van der Waals surface area (Å²) in [5.74, 6) is -1.56. The molecular weight excluding hydrogens is 472 g/mol. The van der Waals surface area contributed by atoms with Crippen molar-refractivity contribution in [1.82, 2.24) is 9.97 Å². The van der Waals surface area contributed by atoms with E-state index in [9.17, 15) is 18.0 Å². The van der Waals surface area contributed by atoms with Crippen LogP contribution in [0.5, 0.6) is 11.6 Å². The van der Waals surface area contributed by atoms with E-state index in [0.29, 0.717) is 5.69 Å². The fourth-order valence-corrected chi connectivity index (χ4v) is 4.11. The fourth-order valence-electron chi connectivity index (χ4n) is 3.10. The lowest BCUT2D eigenvalue weighted by molar-refractivity contribution is -0.140. The molecule has 2 heterocycles. The predicted octanol–water partition coefficient (Wildman–Crippen LogP) is 0.689. The van der Waals surface area contributed by atoms with Gasteiger partial charge in [-0.05, 0) is 24.3 Å². The van der Waals surface area contributed by atoms with Crippen LogP contribution >= 0.6 is 0 Å². The Kier molecular flexibility index (Phi) is 7.53. The topological polar surface area (TPSA) is 155 Å². The molecule has 3 rings (SSSR count). The van der Waals surface area contributed by atoms with Crippen molar-refractivity contribution in [2.24, 2.45) is 0 Å². The molecule has 1 aliphatic heterocycles. The van der Waals surface area contributed by atoms with Gasteiger partial charge in [-0.25, -0.2) is 23.0 Å². The highest BCUT2D eigenvalue weighted by Gasteiger charge is 2.32. The molecular formula is C20H22N4O9S. The number of ether oxygens (including phenoxy) is 5. The van der Waals surface area contributed by atoms with E-state index in [2.05, 4.69) is 14.7 Å². The van der Waals surface area contributed by atoms with Crippen LogP contribution in [0.15, 0.2) is 46.8 Å². The average Bonchev–Trinajstić information content (AvgIpc) is 2.86. The van der Waals surface area contributed by atoms with Gasteiger partial charge in [0, 0.05) is 5.69 Å². The average molecular weight is 494 g/mol. The summed E-state index contributed by atoms with van der Waals surface area (Å²) in [5, 5.41) is 0. The van der Waals surface area contributed by atoms with Crippen LogP contribution in [-0.4, -0.2) is 72.1 Å². The fraction of sp³-hybridized carbons (Fsp3) is 0.300. The van der Waals surface area contributed by atoms with Crippen molar-refractivity contribution in [3.63, 3.8) is 0 Å². The smallest absolute Gasteiger partial charge is 0.355 e. The first-order chi connectivity index (χ1) is 16.3. The van der Waals surface area contributed by atoms with Gasteiger partial charge in [-0.1, -0.05) is 0 Å². The molecule has 1 N–H and O–H groups in total. The van der Waals surface area contributed by atoms with Gasteiger partial charge in [0.05, 0.1) is 45.5 Å². The zero-order valence-electron chi connectivity index (χ0n) is 18.7. The predicted molar refractivity (Wildman–Crippen MR) is 117 cm³/mol. The number of carbonyl (C=O) groups excluding carboxylic acids is 2. The summed E-state index contributed by atoms with van der Waals surface area (Å²) < 4.78 is 53.3. The third kappa shape index (κ3) is 4.87. The Hall–Kier alpha value is -3.91. The molecule has 1 aliphatic rings. The second-order valence-electron chi connectivity index (χ2n) is 6.58. The Morgan fingerprint density at radius 3 is 2.26 bits per heavy atom. The minimum Gasteiger partial charge on any atom is -0.489 e. The minimum atomic E-state index is -4.08. The van der Waals surface area contributed by atoms with Gasteiger partial charge in [-0.2, -0.15) is 4.98 Å². The third-order valence-corrected chi connectivity index (χ3v) is 6.05.